The van der Waals surface area contributed by atoms with Crippen molar-refractivity contribution in [3.63, 3.8) is 0 Å². The smallest absolute Gasteiger partial charge is 0.255 e. The summed E-state index contributed by atoms with van der Waals surface area (Å²) in [6.45, 7) is 4.54. The fraction of sp³-hybridized carbons (Fsp3) is 0.167. The molecule has 0 saturated heterocycles. The van der Waals surface area contributed by atoms with Crippen LogP contribution in [0.1, 0.15) is 23.0 Å². The van der Waals surface area contributed by atoms with Crippen molar-refractivity contribution < 1.29 is 9.53 Å². The molecule has 2 N–H and O–H groups in total. The minimum absolute atomic E-state index is 0.130. The predicted molar refractivity (Wildman–Crippen MR) is 88.6 cm³/mol. The number of hydrogen-bond donors (Lipinski definition) is 2. The summed E-state index contributed by atoms with van der Waals surface area (Å²) in [7, 11) is 0. The summed E-state index contributed by atoms with van der Waals surface area (Å²) in [6.07, 6.45) is 0. The van der Waals surface area contributed by atoms with Crippen LogP contribution in [-0.4, -0.2) is 17.5 Å². The van der Waals surface area contributed by atoms with Crippen molar-refractivity contribution in [2.75, 3.05) is 11.9 Å². The van der Waals surface area contributed by atoms with Crippen LogP contribution in [0.4, 0.5) is 5.69 Å². The van der Waals surface area contributed by atoms with Crippen molar-refractivity contribution in [1.82, 2.24) is 4.98 Å². The second kappa shape index (κ2) is 5.93. The first-order valence-corrected chi connectivity index (χ1v) is 7.30. The summed E-state index contributed by atoms with van der Waals surface area (Å²) in [5.41, 5.74) is 3.49. The average molecular weight is 294 g/mol. The van der Waals surface area contributed by atoms with E-state index in [1.54, 1.807) is 24.3 Å². The Labute approximate surface area is 129 Å². The maximum Gasteiger partial charge on any atom is 0.255 e. The Morgan fingerprint density at radius 1 is 1.18 bits per heavy atom. The van der Waals surface area contributed by atoms with Crippen molar-refractivity contribution in [3.8, 4) is 5.75 Å². The number of H-pyrrole nitrogens is 1. The highest BCUT2D eigenvalue weighted by atomic mass is 16.5. The molecule has 1 amide bonds. The minimum atomic E-state index is -0.130. The van der Waals surface area contributed by atoms with E-state index in [0.29, 0.717) is 12.2 Å². The molecule has 0 spiro atoms. The van der Waals surface area contributed by atoms with Gasteiger partial charge in [0.1, 0.15) is 5.75 Å². The lowest BCUT2D eigenvalue weighted by atomic mass is 10.1. The summed E-state index contributed by atoms with van der Waals surface area (Å²) in [6, 6.07) is 15.0. The largest absolute Gasteiger partial charge is 0.494 e. The number of ether oxygens (including phenoxy) is 1. The van der Waals surface area contributed by atoms with Crippen LogP contribution < -0.4 is 10.1 Å². The number of aryl methyl sites for hydroxylation is 1. The van der Waals surface area contributed by atoms with Crippen LogP contribution in [0.2, 0.25) is 0 Å². The van der Waals surface area contributed by atoms with Crippen LogP contribution in [0, 0.1) is 6.92 Å². The quantitative estimate of drug-likeness (QED) is 0.760. The van der Waals surface area contributed by atoms with Gasteiger partial charge in [0, 0.05) is 22.2 Å². The van der Waals surface area contributed by atoms with Gasteiger partial charge in [0.25, 0.3) is 5.91 Å². The third kappa shape index (κ3) is 2.81. The van der Waals surface area contributed by atoms with E-state index in [1.807, 2.05) is 38.1 Å². The Morgan fingerprint density at radius 2 is 1.95 bits per heavy atom. The van der Waals surface area contributed by atoms with Gasteiger partial charge in [-0.15, -0.1) is 0 Å². The van der Waals surface area contributed by atoms with Crippen LogP contribution in [0.15, 0.2) is 48.5 Å². The highest BCUT2D eigenvalue weighted by Crippen LogP contribution is 2.24. The minimum Gasteiger partial charge on any atom is -0.494 e. The van der Waals surface area contributed by atoms with E-state index in [1.165, 1.54) is 0 Å². The number of fused-ring (bicyclic) bond motifs is 1. The SMILES string of the molecule is CCOc1ccc(C(=O)Nc2cccc3[nH]c(C)cc23)cc1. The van der Waals surface area contributed by atoms with Crippen LogP contribution in [0.5, 0.6) is 5.75 Å². The van der Waals surface area contributed by atoms with Gasteiger partial charge in [-0.1, -0.05) is 6.07 Å². The zero-order chi connectivity index (χ0) is 15.5. The molecule has 0 aliphatic heterocycles. The molecule has 4 heteroatoms. The van der Waals surface area contributed by atoms with E-state index >= 15 is 0 Å². The molecule has 0 unspecified atom stereocenters. The first-order valence-electron chi connectivity index (χ1n) is 7.30. The number of anilines is 1. The third-order valence-electron chi connectivity index (χ3n) is 3.47. The van der Waals surface area contributed by atoms with Gasteiger partial charge in [0.2, 0.25) is 0 Å². The fourth-order valence-corrected chi connectivity index (χ4v) is 2.47. The number of hydrogen-bond acceptors (Lipinski definition) is 2. The molecule has 0 aliphatic rings. The average Bonchev–Trinajstić information content (AvgIpc) is 2.90. The standard InChI is InChI=1S/C18H18N2O2/c1-3-22-14-9-7-13(8-10-14)18(21)20-17-6-4-5-16-15(17)11-12(2)19-16/h4-11,19H,3H2,1-2H3,(H,20,21). The first kappa shape index (κ1) is 14.2. The first-order chi connectivity index (χ1) is 10.7. The molecule has 1 heterocycles. The summed E-state index contributed by atoms with van der Waals surface area (Å²) in [5.74, 6) is 0.636. The normalized spacial score (nSPS) is 10.6. The molecule has 0 saturated carbocycles. The number of carbonyl (C=O) groups is 1. The molecule has 0 aliphatic carbocycles. The lowest BCUT2D eigenvalue weighted by molar-refractivity contribution is 0.102. The lowest BCUT2D eigenvalue weighted by Crippen LogP contribution is -2.11. The highest BCUT2D eigenvalue weighted by molar-refractivity contribution is 6.08. The molecule has 1 aromatic heterocycles. The van der Waals surface area contributed by atoms with E-state index in [-0.39, 0.29) is 5.91 Å². The lowest BCUT2D eigenvalue weighted by Gasteiger charge is -2.08. The predicted octanol–water partition coefficient (Wildman–Crippen LogP) is 4.13. The Bertz CT molecular complexity index is 804. The highest BCUT2D eigenvalue weighted by Gasteiger charge is 2.09. The molecule has 3 rings (SSSR count). The number of amides is 1. The van der Waals surface area contributed by atoms with Gasteiger partial charge in [0.15, 0.2) is 0 Å². The van der Waals surface area contributed by atoms with E-state index in [9.17, 15) is 4.79 Å². The molecule has 0 atom stereocenters. The number of carbonyl (C=O) groups excluding carboxylic acids is 1. The molecule has 0 bridgehead atoms. The topological polar surface area (TPSA) is 54.1 Å². The van der Waals surface area contributed by atoms with Gasteiger partial charge in [-0.25, -0.2) is 0 Å². The van der Waals surface area contributed by atoms with Crippen LogP contribution >= 0.6 is 0 Å². The van der Waals surface area contributed by atoms with Crippen molar-refractivity contribution >= 4 is 22.5 Å². The van der Waals surface area contributed by atoms with Crippen LogP contribution in [-0.2, 0) is 0 Å². The van der Waals surface area contributed by atoms with E-state index in [4.69, 9.17) is 4.74 Å². The van der Waals surface area contributed by atoms with Crippen molar-refractivity contribution in [2.45, 2.75) is 13.8 Å². The second-order valence-corrected chi connectivity index (χ2v) is 5.13. The molecule has 4 nitrogen and oxygen atoms in total. The number of aromatic nitrogens is 1. The third-order valence-corrected chi connectivity index (χ3v) is 3.47. The molecular weight excluding hydrogens is 276 g/mol. The van der Waals surface area contributed by atoms with Gasteiger partial charge in [0.05, 0.1) is 12.3 Å². The molecule has 0 radical (unpaired) electrons. The molecule has 22 heavy (non-hydrogen) atoms. The molecule has 0 fully saturated rings. The number of aromatic amines is 1. The summed E-state index contributed by atoms with van der Waals surface area (Å²) in [4.78, 5) is 15.6. The molecule has 3 aromatic rings. The number of benzene rings is 2. The Hall–Kier alpha value is -2.75. The second-order valence-electron chi connectivity index (χ2n) is 5.13. The fourth-order valence-electron chi connectivity index (χ4n) is 2.47. The van der Waals surface area contributed by atoms with Gasteiger partial charge < -0.3 is 15.0 Å². The zero-order valence-corrected chi connectivity index (χ0v) is 12.6. The summed E-state index contributed by atoms with van der Waals surface area (Å²) >= 11 is 0. The van der Waals surface area contributed by atoms with Crippen molar-refractivity contribution in [1.29, 1.82) is 0 Å². The van der Waals surface area contributed by atoms with Crippen LogP contribution in [0.3, 0.4) is 0 Å². The molecule has 2 aromatic carbocycles. The van der Waals surface area contributed by atoms with Crippen LogP contribution in [0.25, 0.3) is 10.9 Å². The Kier molecular flexibility index (Phi) is 3.83. The number of rotatable bonds is 4. The van der Waals surface area contributed by atoms with Gasteiger partial charge in [-0.05, 0) is 56.3 Å². The van der Waals surface area contributed by atoms with E-state index in [0.717, 1.165) is 28.0 Å². The maximum atomic E-state index is 12.4. The van der Waals surface area contributed by atoms with Gasteiger partial charge in [-0.2, -0.15) is 0 Å². The summed E-state index contributed by atoms with van der Waals surface area (Å²) < 4.78 is 5.38. The van der Waals surface area contributed by atoms with Gasteiger partial charge >= 0.3 is 0 Å². The maximum absolute atomic E-state index is 12.4. The van der Waals surface area contributed by atoms with Crippen molar-refractivity contribution in [2.24, 2.45) is 0 Å². The zero-order valence-electron chi connectivity index (χ0n) is 12.6. The van der Waals surface area contributed by atoms with E-state index in [2.05, 4.69) is 10.3 Å². The van der Waals surface area contributed by atoms with E-state index < -0.39 is 0 Å². The Morgan fingerprint density at radius 3 is 2.68 bits per heavy atom. The monoisotopic (exact) mass is 294 g/mol. The molecule has 112 valence electrons. The number of nitrogens with one attached hydrogen (secondary N) is 2. The Balaban J connectivity index is 1.83. The summed E-state index contributed by atoms with van der Waals surface area (Å²) in [5, 5.41) is 3.98. The molecular formula is C18H18N2O2. The van der Waals surface area contributed by atoms with Gasteiger partial charge in [-0.3, -0.25) is 4.79 Å². The van der Waals surface area contributed by atoms with Crippen molar-refractivity contribution in [3.05, 3.63) is 59.8 Å².